The van der Waals surface area contributed by atoms with Crippen LogP contribution in [0.1, 0.15) is 13.3 Å². The first-order valence-corrected chi connectivity index (χ1v) is 4.58. The average molecular weight is 225 g/mol. The van der Waals surface area contributed by atoms with Crippen molar-refractivity contribution in [3.8, 4) is 0 Å². The van der Waals surface area contributed by atoms with E-state index in [1.54, 1.807) is 13.0 Å². The monoisotopic (exact) mass is 225 g/mol. The predicted octanol–water partition coefficient (Wildman–Crippen LogP) is 1.38. The molecule has 0 radical (unpaired) electrons. The maximum absolute atomic E-state index is 10.7. The molecule has 1 rings (SSSR count). The van der Waals surface area contributed by atoms with Crippen LogP contribution in [-0.2, 0) is 9.63 Å². The van der Waals surface area contributed by atoms with Crippen LogP contribution in [0.5, 0.6) is 0 Å². The molecule has 1 aromatic carbocycles. The Balaban J connectivity index is 2.51. The van der Waals surface area contributed by atoms with E-state index in [1.807, 2.05) is 0 Å². The molecule has 0 fully saturated rings. The van der Waals surface area contributed by atoms with Crippen molar-refractivity contribution < 1.29 is 14.6 Å². The van der Waals surface area contributed by atoms with E-state index in [4.69, 9.17) is 0 Å². The minimum atomic E-state index is -0.511. The summed E-state index contributed by atoms with van der Waals surface area (Å²) >= 11 is 0. The Morgan fingerprint density at radius 2 is 2.31 bits per heavy atom. The molecule has 0 aliphatic heterocycles. The number of nitro benzene ring substituents is 1. The van der Waals surface area contributed by atoms with E-state index < -0.39 is 10.9 Å². The van der Waals surface area contributed by atoms with Crippen molar-refractivity contribution in [3.63, 3.8) is 0 Å². The first-order chi connectivity index (χ1) is 7.63. The molecule has 2 N–H and O–H groups in total. The highest BCUT2D eigenvalue weighted by atomic mass is 16.7. The maximum atomic E-state index is 10.7. The number of nitrogens with zero attached hydrogens (tertiary/aromatic N) is 1. The van der Waals surface area contributed by atoms with Gasteiger partial charge in [-0.05, 0) is 6.07 Å². The van der Waals surface area contributed by atoms with Crippen LogP contribution in [0, 0.1) is 10.1 Å². The van der Waals surface area contributed by atoms with Crippen molar-refractivity contribution in [2.75, 3.05) is 5.43 Å². The Morgan fingerprint density at radius 1 is 1.56 bits per heavy atom. The Hall–Kier alpha value is -2.15. The topological polar surface area (TPSA) is 93.5 Å². The zero-order chi connectivity index (χ0) is 12.0. The number of carbonyl (C=O) groups excluding carboxylic acids is 1. The number of carbonyl (C=O) groups is 1. The standard InChI is InChI=1S/C9H11N3O4/c1-2-9(13)16-11-10-7-4-3-5-8(6-7)12(14)15/h3-6,10-11H,2H2,1H3. The second-order valence-electron chi connectivity index (χ2n) is 2.86. The number of rotatable bonds is 5. The molecule has 0 amide bonds. The van der Waals surface area contributed by atoms with Gasteiger partial charge in [-0.15, -0.1) is 0 Å². The first-order valence-electron chi connectivity index (χ1n) is 4.58. The summed E-state index contributed by atoms with van der Waals surface area (Å²) in [7, 11) is 0. The van der Waals surface area contributed by atoms with Crippen LogP contribution in [0.2, 0.25) is 0 Å². The summed E-state index contributed by atoms with van der Waals surface area (Å²) in [5.74, 6) is -0.432. The molecule has 0 saturated carbocycles. The van der Waals surface area contributed by atoms with Crippen molar-refractivity contribution in [3.05, 3.63) is 34.4 Å². The van der Waals surface area contributed by atoms with Gasteiger partial charge in [0.1, 0.15) is 0 Å². The number of hydrazine groups is 1. The number of nitro groups is 1. The molecule has 0 heterocycles. The molecular weight excluding hydrogens is 214 g/mol. The van der Waals surface area contributed by atoms with Gasteiger partial charge in [0, 0.05) is 18.6 Å². The van der Waals surface area contributed by atoms with Gasteiger partial charge in [0.25, 0.3) is 5.69 Å². The van der Waals surface area contributed by atoms with Crippen LogP contribution in [-0.4, -0.2) is 10.9 Å². The number of hydrogen-bond donors (Lipinski definition) is 2. The summed E-state index contributed by atoms with van der Waals surface area (Å²) in [5.41, 5.74) is 5.09. The van der Waals surface area contributed by atoms with E-state index in [0.717, 1.165) is 0 Å². The highest BCUT2D eigenvalue weighted by molar-refractivity contribution is 5.68. The van der Waals surface area contributed by atoms with Crippen LogP contribution >= 0.6 is 0 Å². The molecule has 7 heteroatoms. The Bertz CT molecular complexity index is 394. The van der Waals surface area contributed by atoms with Gasteiger partial charge in [-0.25, -0.2) is 0 Å². The summed E-state index contributed by atoms with van der Waals surface area (Å²) in [6.07, 6.45) is 0.240. The van der Waals surface area contributed by atoms with Crippen LogP contribution in [0.25, 0.3) is 0 Å². The minimum absolute atomic E-state index is 0.0476. The maximum Gasteiger partial charge on any atom is 0.326 e. The molecule has 0 aliphatic rings. The summed E-state index contributed by atoms with van der Waals surface area (Å²) in [5, 5.41) is 10.5. The van der Waals surface area contributed by atoms with Crippen molar-refractivity contribution >= 4 is 17.3 Å². The minimum Gasteiger partial charge on any atom is -0.351 e. The van der Waals surface area contributed by atoms with Crippen molar-refractivity contribution in [1.29, 1.82) is 0 Å². The smallest absolute Gasteiger partial charge is 0.326 e. The molecule has 16 heavy (non-hydrogen) atoms. The summed E-state index contributed by atoms with van der Waals surface area (Å²) < 4.78 is 0. The quantitative estimate of drug-likeness (QED) is 0.580. The largest absolute Gasteiger partial charge is 0.351 e. The van der Waals surface area contributed by atoms with Gasteiger partial charge < -0.3 is 4.84 Å². The lowest BCUT2D eigenvalue weighted by molar-refractivity contribution is -0.384. The van der Waals surface area contributed by atoms with Crippen LogP contribution in [0.4, 0.5) is 11.4 Å². The Morgan fingerprint density at radius 3 is 2.94 bits per heavy atom. The van der Waals surface area contributed by atoms with Gasteiger partial charge in [0.05, 0.1) is 10.6 Å². The third-order valence-corrected chi connectivity index (χ3v) is 1.71. The third kappa shape index (κ3) is 3.54. The fraction of sp³-hybridized carbons (Fsp3) is 0.222. The van der Waals surface area contributed by atoms with Gasteiger partial charge in [0.2, 0.25) is 0 Å². The lowest BCUT2D eigenvalue weighted by Crippen LogP contribution is -2.25. The van der Waals surface area contributed by atoms with Crippen LogP contribution in [0.3, 0.4) is 0 Å². The molecular formula is C9H11N3O4. The van der Waals surface area contributed by atoms with Crippen molar-refractivity contribution in [2.24, 2.45) is 0 Å². The highest BCUT2D eigenvalue weighted by Gasteiger charge is 2.05. The summed E-state index contributed by atoms with van der Waals surface area (Å²) in [6, 6.07) is 5.79. The lowest BCUT2D eigenvalue weighted by atomic mass is 10.3. The number of nitrogens with one attached hydrogen (secondary N) is 2. The number of benzene rings is 1. The molecule has 0 spiro atoms. The van der Waals surface area contributed by atoms with E-state index in [0.29, 0.717) is 5.69 Å². The van der Waals surface area contributed by atoms with E-state index in [2.05, 4.69) is 15.9 Å². The molecule has 86 valence electrons. The van der Waals surface area contributed by atoms with Gasteiger partial charge in [-0.1, -0.05) is 18.6 Å². The molecule has 0 aliphatic carbocycles. The number of anilines is 1. The van der Waals surface area contributed by atoms with Crippen LogP contribution < -0.4 is 11.0 Å². The van der Waals surface area contributed by atoms with E-state index in [-0.39, 0.29) is 12.1 Å². The second kappa shape index (κ2) is 5.66. The molecule has 0 aromatic heterocycles. The van der Waals surface area contributed by atoms with E-state index >= 15 is 0 Å². The van der Waals surface area contributed by atoms with Gasteiger partial charge >= 0.3 is 5.97 Å². The Kier molecular flexibility index (Phi) is 4.22. The molecule has 0 unspecified atom stereocenters. The highest BCUT2D eigenvalue weighted by Crippen LogP contribution is 2.15. The average Bonchev–Trinajstić information content (AvgIpc) is 2.29. The second-order valence-corrected chi connectivity index (χ2v) is 2.86. The lowest BCUT2D eigenvalue weighted by Gasteiger charge is -2.06. The molecule has 7 nitrogen and oxygen atoms in total. The number of hydrogen-bond acceptors (Lipinski definition) is 6. The zero-order valence-electron chi connectivity index (χ0n) is 8.60. The Labute approximate surface area is 91.5 Å². The van der Waals surface area contributed by atoms with Crippen molar-refractivity contribution in [1.82, 2.24) is 5.59 Å². The molecule has 0 atom stereocenters. The van der Waals surface area contributed by atoms with Gasteiger partial charge in [-0.3, -0.25) is 20.3 Å². The number of non-ortho nitro benzene ring substituents is 1. The van der Waals surface area contributed by atoms with Crippen LogP contribution in [0.15, 0.2) is 24.3 Å². The normalized spacial score (nSPS) is 9.56. The molecule has 1 aromatic rings. The summed E-state index contributed by atoms with van der Waals surface area (Å²) in [6.45, 7) is 1.65. The SMILES string of the molecule is CCC(=O)ONNc1cccc([N+](=O)[O-])c1. The van der Waals surface area contributed by atoms with E-state index in [9.17, 15) is 14.9 Å². The van der Waals surface area contributed by atoms with E-state index in [1.165, 1.54) is 18.2 Å². The predicted molar refractivity (Wildman–Crippen MR) is 56.2 cm³/mol. The molecule has 0 bridgehead atoms. The first kappa shape index (κ1) is 11.9. The molecule has 0 saturated heterocycles. The fourth-order valence-electron chi connectivity index (χ4n) is 0.911. The van der Waals surface area contributed by atoms with Gasteiger partial charge in [-0.2, -0.15) is 0 Å². The fourth-order valence-corrected chi connectivity index (χ4v) is 0.911. The third-order valence-electron chi connectivity index (χ3n) is 1.71. The van der Waals surface area contributed by atoms with Gasteiger partial charge in [0.15, 0.2) is 0 Å². The van der Waals surface area contributed by atoms with Crippen molar-refractivity contribution in [2.45, 2.75) is 13.3 Å². The zero-order valence-corrected chi connectivity index (χ0v) is 8.60. The summed E-state index contributed by atoms with van der Waals surface area (Å²) in [4.78, 5) is 25.2.